The van der Waals surface area contributed by atoms with Gasteiger partial charge in [-0.15, -0.1) is 0 Å². The minimum atomic E-state index is -0.467. The number of carbonyl (C=O) groups excluding carboxylic acids is 1. The van der Waals surface area contributed by atoms with E-state index in [-0.39, 0.29) is 25.1 Å². The fourth-order valence-electron chi connectivity index (χ4n) is 3.01. The molecule has 180 valence electrons. The van der Waals surface area contributed by atoms with Gasteiger partial charge in [0.2, 0.25) is 0 Å². The molecular formula is C26H34O7. The summed E-state index contributed by atoms with van der Waals surface area (Å²) in [7, 11) is 1.52. The van der Waals surface area contributed by atoms with Crippen molar-refractivity contribution in [2.75, 3.05) is 33.5 Å². The smallest absolute Gasteiger partial charge is 0.330 e. The van der Waals surface area contributed by atoms with Gasteiger partial charge in [-0.25, -0.2) is 4.79 Å². The fraction of sp³-hybridized carbons (Fsp3) is 0.423. The number of methoxy groups -OCH3 is 1. The molecule has 0 saturated heterocycles. The lowest BCUT2D eigenvalue weighted by Gasteiger charge is -2.18. The number of unbranched alkanes of at least 4 members (excludes halogenated alkanes) is 1. The molecule has 1 atom stereocenters. The molecule has 2 rings (SSSR count). The number of ether oxygens (including phenoxy) is 5. The summed E-state index contributed by atoms with van der Waals surface area (Å²) in [5.74, 6) is 1.41. The maximum absolute atomic E-state index is 11.1. The zero-order valence-electron chi connectivity index (χ0n) is 19.7. The Kier molecular flexibility index (Phi) is 11.1. The van der Waals surface area contributed by atoms with Crippen LogP contribution in [-0.4, -0.2) is 44.6 Å². The number of esters is 1. The van der Waals surface area contributed by atoms with E-state index in [1.54, 1.807) is 12.1 Å². The minimum absolute atomic E-state index is 0.111. The van der Waals surface area contributed by atoms with Crippen LogP contribution >= 0.6 is 0 Å². The molecule has 0 bridgehead atoms. The second-order valence-electron chi connectivity index (χ2n) is 7.40. The van der Waals surface area contributed by atoms with Gasteiger partial charge in [-0.3, -0.25) is 0 Å². The van der Waals surface area contributed by atoms with E-state index in [2.05, 4.69) is 13.5 Å². The Balaban J connectivity index is 1.99. The highest BCUT2D eigenvalue weighted by atomic mass is 16.6. The van der Waals surface area contributed by atoms with Crippen molar-refractivity contribution in [3.05, 3.63) is 60.2 Å². The zero-order valence-corrected chi connectivity index (χ0v) is 19.7. The Morgan fingerprint density at radius 3 is 2.55 bits per heavy atom. The molecule has 0 aliphatic rings. The van der Waals surface area contributed by atoms with Crippen LogP contribution < -0.4 is 14.2 Å². The molecule has 1 unspecified atom stereocenters. The molecule has 0 heterocycles. The van der Waals surface area contributed by atoms with Gasteiger partial charge in [-0.1, -0.05) is 32.1 Å². The van der Waals surface area contributed by atoms with Crippen molar-refractivity contribution in [1.29, 1.82) is 0 Å². The third-order valence-electron chi connectivity index (χ3n) is 4.95. The molecule has 0 spiro atoms. The number of phenols is 1. The molecule has 0 aromatic heterocycles. The Hall–Kier alpha value is -3.19. The maximum atomic E-state index is 11.1. The molecule has 1 N–H and O–H groups in total. The number of phenolic OH excluding ortho intramolecular Hbond substituents is 1. The molecule has 7 heteroatoms. The molecule has 0 radical (unpaired) electrons. The van der Waals surface area contributed by atoms with E-state index in [0.717, 1.165) is 30.0 Å². The quantitative estimate of drug-likeness (QED) is 0.228. The second kappa shape index (κ2) is 14.1. The molecule has 0 saturated carbocycles. The third-order valence-corrected chi connectivity index (χ3v) is 4.95. The maximum Gasteiger partial charge on any atom is 0.330 e. The SMILES string of the molecule is C=CC(=O)OCCOC(C)c1ccc(OCCc2ccc(O)c(OC)c2)c(OCCCC)c1. The summed E-state index contributed by atoms with van der Waals surface area (Å²) in [5.41, 5.74) is 1.93. The van der Waals surface area contributed by atoms with Gasteiger partial charge in [0.1, 0.15) is 6.61 Å². The van der Waals surface area contributed by atoms with Gasteiger partial charge in [0.15, 0.2) is 23.0 Å². The Labute approximate surface area is 195 Å². The first-order chi connectivity index (χ1) is 16.0. The summed E-state index contributed by atoms with van der Waals surface area (Å²) in [6, 6.07) is 11.0. The lowest BCUT2D eigenvalue weighted by atomic mass is 10.1. The van der Waals surface area contributed by atoms with E-state index >= 15 is 0 Å². The Morgan fingerprint density at radius 1 is 1.03 bits per heavy atom. The first-order valence-corrected chi connectivity index (χ1v) is 11.1. The molecule has 0 aliphatic carbocycles. The van der Waals surface area contributed by atoms with Gasteiger partial charge in [-0.2, -0.15) is 0 Å². The lowest BCUT2D eigenvalue weighted by molar-refractivity contribution is -0.139. The summed E-state index contributed by atoms with van der Waals surface area (Å²) in [5, 5.41) is 9.74. The van der Waals surface area contributed by atoms with E-state index in [1.165, 1.54) is 7.11 Å². The highest BCUT2D eigenvalue weighted by Crippen LogP contribution is 2.32. The topological polar surface area (TPSA) is 83.5 Å². The average Bonchev–Trinajstić information content (AvgIpc) is 2.83. The van der Waals surface area contributed by atoms with Crippen LogP contribution in [0.15, 0.2) is 49.1 Å². The minimum Gasteiger partial charge on any atom is -0.504 e. The van der Waals surface area contributed by atoms with Gasteiger partial charge >= 0.3 is 5.97 Å². The van der Waals surface area contributed by atoms with E-state index in [9.17, 15) is 9.90 Å². The van der Waals surface area contributed by atoms with E-state index < -0.39 is 5.97 Å². The summed E-state index contributed by atoms with van der Waals surface area (Å²) >= 11 is 0. The van der Waals surface area contributed by atoms with Crippen LogP contribution in [-0.2, 0) is 20.7 Å². The van der Waals surface area contributed by atoms with E-state index in [4.69, 9.17) is 23.7 Å². The molecule has 0 amide bonds. The molecule has 0 aliphatic heterocycles. The van der Waals surface area contributed by atoms with Crippen LogP contribution in [0, 0.1) is 0 Å². The van der Waals surface area contributed by atoms with E-state index in [1.807, 2.05) is 31.2 Å². The average molecular weight is 459 g/mol. The standard InChI is InChI=1S/C26H34O7/c1-5-7-13-31-25-18-21(19(3)30-15-16-33-26(28)6-2)9-11-23(25)32-14-12-20-8-10-22(27)24(17-20)29-4/h6,8-11,17-19,27H,2,5,7,12-16H2,1,3-4H3. The van der Waals surface area contributed by atoms with Crippen LogP contribution in [0.1, 0.15) is 43.9 Å². The van der Waals surface area contributed by atoms with Gasteiger partial charge in [0.25, 0.3) is 0 Å². The van der Waals surface area contributed by atoms with Crippen molar-refractivity contribution in [2.24, 2.45) is 0 Å². The third kappa shape index (κ3) is 8.69. The number of benzene rings is 2. The van der Waals surface area contributed by atoms with E-state index in [0.29, 0.717) is 36.9 Å². The van der Waals surface area contributed by atoms with Crippen molar-refractivity contribution >= 4 is 5.97 Å². The molecule has 2 aromatic rings. The zero-order chi connectivity index (χ0) is 24.1. The summed E-state index contributed by atoms with van der Waals surface area (Å²) in [4.78, 5) is 11.1. The van der Waals surface area contributed by atoms with Gasteiger partial charge in [0.05, 0.1) is 33.0 Å². The molecule has 2 aromatic carbocycles. The largest absolute Gasteiger partial charge is 0.504 e. The lowest BCUT2D eigenvalue weighted by Crippen LogP contribution is -2.11. The first kappa shape index (κ1) is 26.1. The number of hydrogen-bond donors (Lipinski definition) is 1. The highest BCUT2D eigenvalue weighted by molar-refractivity contribution is 5.81. The van der Waals surface area contributed by atoms with Crippen LogP contribution in [0.4, 0.5) is 0 Å². The number of aromatic hydroxyl groups is 1. The van der Waals surface area contributed by atoms with Crippen molar-refractivity contribution in [3.8, 4) is 23.0 Å². The Bertz CT molecular complexity index is 894. The second-order valence-corrected chi connectivity index (χ2v) is 7.40. The number of rotatable bonds is 15. The number of hydrogen-bond acceptors (Lipinski definition) is 7. The monoisotopic (exact) mass is 458 g/mol. The van der Waals surface area contributed by atoms with Gasteiger partial charge in [0, 0.05) is 12.5 Å². The molecular weight excluding hydrogens is 424 g/mol. The predicted octanol–water partition coefficient (Wildman–Crippen LogP) is 5.01. The van der Waals surface area contributed by atoms with Crippen LogP contribution in [0.25, 0.3) is 0 Å². The summed E-state index contributed by atoms with van der Waals surface area (Å²) in [6.07, 6.45) is 3.54. The van der Waals surface area contributed by atoms with Crippen molar-refractivity contribution in [2.45, 2.75) is 39.2 Å². The normalized spacial score (nSPS) is 11.5. The highest BCUT2D eigenvalue weighted by Gasteiger charge is 2.13. The van der Waals surface area contributed by atoms with Crippen LogP contribution in [0.2, 0.25) is 0 Å². The molecule has 33 heavy (non-hydrogen) atoms. The number of carbonyl (C=O) groups is 1. The molecule has 0 fully saturated rings. The fourth-order valence-corrected chi connectivity index (χ4v) is 3.01. The van der Waals surface area contributed by atoms with Crippen molar-refractivity contribution < 1.29 is 33.6 Å². The van der Waals surface area contributed by atoms with Gasteiger partial charge in [-0.05, 0) is 48.7 Å². The van der Waals surface area contributed by atoms with Gasteiger partial charge < -0.3 is 28.8 Å². The van der Waals surface area contributed by atoms with Crippen molar-refractivity contribution in [1.82, 2.24) is 0 Å². The first-order valence-electron chi connectivity index (χ1n) is 11.1. The van der Waals surface area contributed by atoms with Crippen molar-refractivity contribution in [3.63, 3.8) is 0 Å². The molecule has 7 nitrogen and oxygen atoms in total. The Morgan fingerprint density at radius 2 is 1.82 bits per heavy atom. The van der Waals surface area contributed by atoms with Crippen LogP contribution in [0.5, 0.6) is 23.0 Å². The van der Waals surface area contributed by atoms with Crippen LogP contribution in [0.3, 0.4) is 0 Å². The summed E-state index contributed by atoms with van der Waals surface area (Å²) < 4.78 is 27.9. The summed E-state index contributed by atoms with van der Waals surface area (Å²) in [6.45, 7) is 8.88. The predicted molar refractivity (Wildman–Crippen MR) is 126 cm³/mol.